The topological polar surface area (TPSA) is 74.2 Å². The van der Waals surface area contributed by atoms with E-state index < -0.39 is 0 Å². The van der Waals surface area contributed by atoms with E-state index in [2.05, 4.69) is 15.6 Å². The number of hydrogen-bond acceptors (Lipinski definition) is 4. The van der Waals surface area contributed by atoms with E-state index in [9.17, 15) is 4.79 Å². The zero-order chi connectivity index (χ0) is 14.4. The molecule has 6 heteroatoms. The summed E-state index contributed by atoms with van der Waals surface area (Å²) in [6.07, 6.45) is 0.573. The van der Waals surface area contributed by atoms with Crippen LogP contribution in [0.1, 0.15) is 35.8 Å². The minimum Gasteiger partial charge on any atom is -0.396 e. The number of hydrogen-bond donors (Lipinski definition) is 3. The van der Waals surface area contributed by atoms with Crippen LogP contribution < -0.4 is 10.6 Å². The molecule has 0 aliphatic heterocycles. The van der Waals surface area contributed by atoms with Gasteiger partial charge in [-0.15, -0.1) is 11.3 Å². The summed E-state index contributed by atoms with van der Waals surface area (Å²) < 4.78 is 0. The summed E-state index contributed by atoms with van der Waals surface area (Å²) >= 11 is 1.60. The van der Waals surface area contributed by atoms with Crippen molar-refractivity contribution in [1.82, 2.24) is 15.6 Å². The number of aryl methyl sites for hydroxylation is 2. The fourth-order valence-corrected chi connectivity index (χ4v) is 2.71. The number of urea groups is 1. The third-order valence-corrected chi connectivity index (χ3v) is 4.04. The number of rotatable bonds is 6. The summed E-state index contributed by atoms with van der Waals surface area (Å²) in [5.41, 5.74) is 0.971. The average molecular weight is 285 g/mol. The normalized spacial score (nSPS) is 12.5. The van der Waals surface area contributed by atoms with Crippen LogP contribution in [0.3, 0.4) is 0 Å². The summed E-state index contributed by atoms with van der Waals surface area (Å²) in [5.74, 6) is 0.297. The lowest BCUT2D eigenvalue weighted by Crippen LogP contribution is -2.44. The van der Waals surface area contributed by atoms with E-state index in [1.54, 1.807) is 11.3 Å². The van der Waals surface area contributed by atoms with Crippen molar-refractivity contribution in [3.05, 3.63) is 15.6 Å². The molecule has 0 aromatic carbocycles. The second-order valence-corrected chi connectivity index (χ2v) is 6.22. The van der Waals surface area contributed by atoms with Crippen LogP contribution in [0.15, 0.2) is 0 Å². The van der Waals surface area contributed by atoms with Crippen LogP contribution in [-0.4, -0.2) is 28.8 Å². The van der Waals surface area contributed by atoms with Crippen LogP contribution in [0, 0.1) is 19.8 Å². The van der Waals surface area contributed by atoms with Gasteiger partial charge in [0.1, 0.15) is 0 Å². The first kappa shape index (κ1) is 15.9. The van der Waals surface area contributed by atoms with Crippen molar-refractivity contribution in [3.8, 4) is 0 Å². The number of aliphatic hydroxyl groups excluding tert-OH is 1. The van der Waals surface area contributed by atoms with Crippen molar-refractivity contribution < 1.29 is 9.90 Å². The van der Waals surface area contributed by atoms with Crippen LogP contribution in [-0.2, 0) is 6.54 Å². The Kier molecular flexibility index (Phi) is 6.24. The van der Waals surface area contributed by atoms with E-state index in [1.807, 2.05) is 27.7 Å². The van der Waals surface area contributed by atoms with Gasteiger partial charge in [0.2, 0.25) is 0 Å². The van der Waals surface area contributed by atoms with Crippen molar-refractivity contribution in [1.29, 1.82) is 0 Å². The van der Waals surface area contributed by atoms with E-state index in [0.717, 1.165) is 15.6 Å². The number of amides is 2. The monoisotopic (exact) mass is 285 g/mol. The lowest BCUT2D eigenvalue weighted by molar-refractivity contribution is 0.218. The quantitative estimate of drug-likeness (QED) is 0.748. The number of aromatic nitrogens is 1. The summed E-state index contributed by atoms with van der Waals surface area (Å²) in [4.78, 5) is 17.2. The average Bonchev–Trinajstić information content (AvgIpc) is 2.64. The number of thiazole rings is 1. The molecule has 0 radical (unpaired) electrons. The Bertz CT molecular complexity index is 418. The molecule has 2 amide bonds. The predicted octanol–water partition coefficient (Wildman–Crippen LogP) is 1.97. The highest BCUT2D eigenvalue weighted by molar-refractivity contribution is 7.11. The SMILES string of the molecule is Cc1nc(C)c(CNC(=O)NC(CCO)C(C)C)s1. The molecule has 0 spiro atoms. The number of aliphatic hydroxyl groups is 1. The highest BCUT2D eigenvalue weighted by atomic mass is 32.1. The zero-order valence-corrected chi connectivity index (χ0v) is 12.8. The summed E-state index contributed by atoms with van der Waals surface area (Å²) in [5, 5.41) is 15.7. The molecule has 1 atom stereocenters. The summed E-state index contributed by atoms with van der Waals surface area (Å²) in [7, 11) is 0. The minimum atomic E-state index is -0.197. The Labute approximate surface area is 118 Å². The maximum atomic E-state index is 11.8. The van der Waals surface area contributed by atoms with Crippen LogP contribution in [0.25, 0.3) is 0 Å². The molecular formula is C13H23N3O2S. The van der Waals surface area contributed by atoms with Crippen molar-refractivity contribution in [2.75, 3.05) is 6.61 Å². The second-order valence-electron chi connectivity index (χ2n) is 4.93. The van der Waals surface area contributed by atoms with Gasteiger partial charge in [-0.05, 0) is 26.2 Å². The van der Waals surface area contributed by atoms with Crippen molar-refractivity contribution in [2.45, 2.75) is 46.7 Å². The smallest absolute Gasteiger partial charge is 0.315 e. The first-order valence-electron chi connectivity index (χ1n) is 6.52. The van der Waals surface area contributed by atoms with Gasteiger partial charge >= 0.3 is 6.03 Å². The molecule has 0 aliphatic rings. The molecule has 0 aliphatic carbocycles. The fourth-order valence-electron chi connectivity index (χ4n) is 1.83. The zero-order valence-electron chi connectivity index (χ0n) is 12.0. The molecule has 0 saturated carbocycles. The van der Waals surface area contributed by atoms with Gasteiger partial charge in [0, 0.05) is 17.5 Å². The fraction of sp³-hybridized carbons (Fsp3) is 0.692. The van der Waals surface area contributed by atoms with Crippen molar-refractivity contribution in [3.63, 3.8) is 0 Å². The molecule has 0 bridgehead atoms. The number of carbonyl (C=O) groups excluding carboxylic acids is 1. The minimum absolute atomic E-state index is 0.00528. The third kappa shape index (κ3) is 5.16. The predicted molar refractivity (Wildman–Crippen MR) is 77.3 cm³/mol. The van der Waals surface area contributed by atoms with Gasteiger partial charge in [0.25, 0.3) is 0 Å². The maximum absolute atomic E-state index is 11.8. The van der Waals surface area contributed by atoms with Crippen LogP contribution in [0.2, 0.25) is 0 Å². The Morgan fingerprint density at radius 2 is 2.11 bits per heavy atom. The van der Waals surface area contributed by atoms with E-state index in [0.29, 0.717) is 18.9 Å². The van der Waals surface area contributed by atoms with E-state index in [-0.39, 0.29) is 18.7 Å². The Morgan fingerprint density at radius 1 is 1.42 bits per heavy atom. The standard InChI is InChI=1S/C13H23N3O2S/c1-8(2)11(5-6-17)16-13(18)14-7-12-9(3)15-10(4)19-12/h8,11,17H,5-7H2,1-4H3,(H2,14,16,18). The molecule has 5 nitrogen and oxygen atoms in total. The van der Waals surface area contributed by atoms with Gasteiger partial charge in [-0.3, -0.25) is 0 Å². The van der Waals surface area contributed by atoms with Gasteiger partial charge in [0.15, 0.2) is 0 Å². The van der Waals surface area contributed by atoms with Crippen LogP contribution in [0.5, 0.6) is 0 Å². The molecule has 19 heavy (non-hydrogen) atoms. The summed E-state index contributed by atoms with van der Waals surface area (Å²) in [6.45, 7) is 8.52. The molecule has 3 N–H and O–H groups in total. The lowest BCUT2D eigenvalue weighted by Gasteiger charge is -2.21. The molecule has 108 valence electrons. The van der Waals surface area contributed by atoms with Crippen LogP contribution in [0.4, 0.5) is 4.79 Å². The highest BCUT2D eigenvalue weighted by Crippen LogP contribution is 2.16. The molecule has 1 unspecified atom stereocenters. The maximum Gasteiger partial charge on any atom is 0.315 e. The van der Waals surface area contributed by atoms with Gasteiger partial charge in [-0.1, -0.05) is 13.8 Å². The van der Waals surface area contributed by atoms with Crippen molar-refractivity contribution in [2.24, 2.45) is 5.92 Å². The Morgan fingerprint density at radius 3 is 2.58 bits per heavy atom. The van der Waals surface area contributed by atoms with E-state index in [1.165, 1.54) is 0 Å². The van der Waals surface area contributed by atoms with Gasteiger partial charge in [-0.2, -0.15) is 0 Å². The summed E-state index contributed by atoms with van der Waals surface area (Å²) in [6, 6.07) is -0.202. The van der Waals surface area contributed by atoms with E-state index >= 15 is 0 Å². The number of carbonyl (C=O) groups is 1. The largest absolute Gasteiger partial charge is 0.396 e. The van der Waals surface area contributed by atoms with E-state index in [4.69, 9.17) is 5.11 Å². The van der Waals surface area contributed by atoms with Gasteiger partial charge in [-0.25, -0.2) is 9.78 Å². The number of nitrogens with zero attached hydrogens (tertiary/aromatic N) is 1. The first-order chi connectivity index (χ1) is 8.93. The molecule has 0 saturated heterocycles. The molecule has 1 aromatic rings. The number of nitrogens with one attached hydrogen (secondary N) is 2. The molecule has 1 heterocycles. The molecule has 1 rings (SSSR count). The molecular weight excluding hydrogens is 262 g/mol. The Hall–Kier alpha value is -1.14. The van der Waals surface area contributed by atoms with Gasteiger partial charge in [0.05, 0.1) is 17.2 Å². The third-order valence-electron chi connectivity index (χ3n) is 2.97. The second kappa shape index (κ2) is 7.45. The van der Waals surface area contributed by atoms with Crippen LogP contribution >= 0.6 is 11.3 Å². The van der Waals surface area contributed by atoms with Gasteiger partial charge < -0.3 is 15.7 Å². The highest BCUT2D eigenvalue weighted by Gasteiger charge is 2.15. The first-order valence-corrected chi connectivity index (χ1v) is 7.33. The van der Waals surface area contributed by atoms with Crippen molar-refractivity contribution >= 4 is 17.4 Å². The molecule has 0 fully saturated rings. The molecule has 1 aromatic heterocycles. The lowest BCUT2D eigenvalue weighted by atomic mass is 10.0. The Balaban J connectivity index is 2.44.